The maximum absolute atomic E-state index is 12.8. The number of nitrogen functional groups attached to an aromatic ring is 1. The predicted molar refractivity (Wildman–Crippen MR) is 111 cm³/mol. The number of aliphatic hydroxyl groups is 1. The summed E-state index contributed by atoms with van der Waals surface area (Å²) in [5.41, 5.74) is 7.89. The van der Waals surface area contributed by atoms with Crippen LogP contribution in [0.4, 0.5) is 5.69 Å². The average Bonchev–Trinajstić information content (AvgIpc) is 3.29. The monoisotopic (exact) mass is 414 g/mol. The molecular formula is C20H26N6O4. The lowest BCUT2D eigenvalue weighted by Crippen LogP contribution is -2.45. The molecule has 2 aromatic rings. The number of carbonyl (C=O) groups excluding carboxylic acids is 2. The van der Waals surface area contributed by atoms with Gasteiger partial charge < -0.3 is 25.8 Å². The summed E-state index contributed by atoms with van der Waals surface area (Å²) in [5, 5.41) is 15.9. The highest BCUT2D eigenvalue weighted by Crippen LogP contribution is 2.22. The molecule has 0 aliphatic carbocycles. The fourth-order valence-corrected chi connectivity index (χ4v) is 3.32. The summed E-state index contributed by atoms with van der Waals surface area (Å²) in [6, 6.07) is 6.22. The molecule has 1 aromatic carbocycles. The fourth-order valence-electron chi connectivity index (χ4n) is 3.32. The van der Waals surface area contributed by atoms with Gasteiger partial charge in [0.05, 0.1) is 12.3 Å². The summed E-state index contributed by atoms with van der Waals surface area (Å²) in [5.74, 6) is -0.174. The Hall–Kier alpha value is -3.40. The fraction of sp³-hybridized carbons (Fsp3) is 0.400. The molecule has 1 saturated heterocycles. The van der Waals surface area contributed by atoms with E-state index in [1.165, 1.54) is 11.9 Å². The average molecular weight is 414 g/mol. The van der Waals surface area contributed by atoms with Gasteiger partial charge in [-0.05, 0) is 30.7 Å². The Morgan fingerprint density at radius 2 is 2.23 bits per heavy atom. The third kappa shape index (κ3) is 4.60. The van der Waals surface area contributed by atoms with E-state index < -0.39 is 11.9 Å². The topological polar surface area (TPSA) is 135 Å². The van der Waals surface area contributed by atoms with Gasteiger partial charge in [0, 0.05) is 44.6 Å². The summed E-state index contributed by atoms with van der Waals surface area (Å²) in [7, 11) is 3.32. The molecule has 0 radical (unpaired) electrons. The van der Waals surface area contributed by atoms with E-state index in [0.717, 1.165) is 5.69 Å². The smallest absolute Gasteiger partial charge is 0.270 e. The molecule has 0 saturated carbocycles. The van der Waals surface area contributed by atoms with Crippen molar-refractivity contribution in [2.45, 2.75) is 19.1 Å². The Kier molecular flexibility index (Phi) is 6.68. The number of hydrogen-bond acceptors (Lipinski definition) is 7. The normalized spacial score (nSPS) is 16.8. The van der Waals surface area contributed by atoms with Crippen LogP contribution in [-0.2, 0) is 23.2 Å². The Balaban J connectivity index is 1.71. The van der Waals surface area contributed by atoms with Crippen LogP contribution in [0.25, 0.3) is 0 Å². The van der Waals surface area contributed by atoms with Crippen molar-refractivity contribution in [3.05, 3.63) is 41.7 Å². The van der Waals surface area contributed by atoms with E-state index in [1.807, 2.05) is 13.1 Å². The number of nitrogens with one attached hydrogen (secondary N) is 1. The van der Waals surface area contributed by atoms with E-state index in [-0.39, 0.29) is 24.8 Å². The molecular weight excluding hydrogens is 388 g/mol. The van der Waals surface area contributed by atoms with Crippen molar-refractivity contribution in [2.75, 3.05) is 32.5 Å². The summed E-state index contributed by atoms with van der Waals surface area (Å²) in [6.07, 6.45) is 2.16. The Labute approximate surface area is 174 Å². The number of anilines is 1. The highest BCUT2D eigenvalue weighted by atomic mass is 16.5. The predicted octanol–water partition coefficient (Wildman–Crippen LogP) is -0.290. The first kappa shape index (κ1) is 21.3. The van der Waals surface area contributed by atoms with Gasteiger partial charge in [-0.3, -0.25) is 19.3 Å². The minimum absolute atomic E-state index is 0.115. The molecule has 160 valence electrons. The molecule has 3 rings (SSSR count). The van der Waals surface area contributed by atoms with Crippen molar-refractivity contribution in [1.29, 1.82) is 0 Å². The quantitative estimate of drug-likeness (QED) is 0.401. The van der Waals surface area contributed by atoms with Gasteiger partial charge in [0.2, 0.25) is 5.91 Å². The molecule has 10 heteroatoms. The van der Waals surface area contributed by atoms with Gasteiger partial charge in [-0.15, -0.1) is 0 Å². The zero-order chi connectivity index (χ0) is 21.7. The zero-order valence-corrected chi connectivity index (χ0v) is 17.0. The minimum atomic E-state index is -0.647. The first-order valence-electron chi connectivity index (χ1n) is 9.61. The Bertz CT molecular complexity index is 955. The molecule has 1 aliphatic heterocycles. The van der Waals surface area contributed by atoms with Gasteiger partial charge in [-0.2, -0.15) is 5.10 Å². The number of aromatic nitrogens is 2. The maximum Gasteiger partial charge on any atom is 0.270 e. The second-order valence-corrected chi connectivity index (χ2v) is 6.92. The molecule has 0 spiro atoms. The number of carbonyl (C=O) groups is 2. The molecule has 0 bridgehead atoms. The molecule has 1 atom stereocenters. The summed E-state index contributed by atoms with van der Waals surface area (Å²) >= 11 is 0. The number of hydrogen-bond donors (Lipinski definition) is 3. The van der Waals surface area contributed by atoms with Gasteiger partial charge in [0.25, 0.3) is 5.91 Å². The number of aliphatic imine (C=N–C) groups is 1. The SMILES string of the molecule is CN=C(C(=O)NC1CCN(CCO)C1=O)c1cc(OCc2ccnn2C)ccc1N. The van der Waals surface area contributed by atoms with Gasteiger partial charge in [-0.1, -0.05) is 0 Å². The number of rotatable bonds is 8. The summed E-state index contributed by atoms with van der Waals surface area (Å²) in [6.45, 7) is 0.934. The summed E-state index contributed by atoms with van der Waals surface area (Å²) in [4.78, 5) is 30.8. The number of aliphatic hydroxyl groups excluding tert-OH is 1. The van der Waals surface area contributed by atoms with Gasteiger partial charge in [-0.25, -0.2) is 0 Å². The van der Waals surface area contributed by atoms with Crippen LogP contribution >= 0.6 is 0 Å². The van der Waals surface area contributed by atoms with Crippen LogP contribution < -0.4 is 15.8 Å². The van der Waals surface area contributed by atoms with Crippen LogP contribution in [0.5, 0.6) is 5.75 Å². The van der Waals surface area contributed by atoms with E-state index in [2.05, 4.69) is 15.4 Å². The van der Waals surface area contributed by atoms with E-state index in [1.54, 1.807) is 29.1 Å². The van der Waals surface area contributed by atoms with Crippen LogP contribution in [0.15, 0.2) is 35.5 Å². The Morgan fingerprint density at radius 1 is 1.43 bits per heavy atom. The number of nitrogens with zero attached hydrogens (tertiary/aromatic N) is 4. The number of aryl methyl sites for hydroxylation is 1. The van der Waals surface area contributed by atoms with Crippen LogP contribution in [0.1, 0.15) is 17.7 Å². The largest absolute Gasteiger partial charge is 0.487 e. The molecule has 1 aromatic heterocycles. The molecule has 4 N–H and O–H groups in total. The van der Waals surface area contributed by atoms with Crippen molar-refractivity contribution in [1.82, 2.24) is 20.0 Å². The molecule has 10 nitrogen and oxygen atoms in total. The van der Waals surface area contributed by atoms with E-state index in [0.29, 0.717) is 36.6 Å². The number of ether oxygens (including phenoxy) is 1. The van der Waals surface area contributed by atoms with E-state index in [4.69, 9.17) is 15.6 Å². The number of β-amino-alcohol motifs (C(OH)–C–C–N with tert-alkyl or cyclic N) is 1. The minimum Gasteiger partial charge on any atom is -0.487 e. The van der Waals surface area contributed by atoms with Crippen molar-refractivity contribution < 1.29 is 19.4 Å². The first-order chi connectivity index (χ1) is 14.4. The van der Waals surface area contributed by atoms with Crippen LogP contribution in [-0.4, -0.2) is 70.1 Å². The number of benzene rings is 1. The number of likely N-dealkylation sites (tertiary alicyclic amines) is 1. The van der Waals surface area contributed by atoms with Gasteiger partial charge >= 0.3 is 0 Å². The molecule has 1 unspecified atom stereocenters. The number of nitrogens with two attached hydrogens (primary N) is 1. The highest BCUT2D eigenvalue weighted by Gasteiger charge is 2.33. The lowest BCUT2D eigenvalue weighted by molar-refractivity contribution is -0.131. The molecule has 1 fully saturated rings. The number of amides is 2. The molecule has 2 heterocycles. The third-order valence-electron chi connectivity index (χ3n) is 5.00. The van der Waals surface area contributed by atoms with Crippen LogP contribution in [0.3, 0.4) is 0 Å². The highest BCUT2D eigenvalue weighted by molar-refractivity contribution is 6.46. The van der Waals surface area contributed by atoms with Gasteiger partial charge in [0.15, 0.2) is 0 Å². The van der Waals surface area contributed by atoms with Crippen LogP contribution in [0.2, 0.25) is 0 Å². The third-order valence-corrected chi connectivity index (χ3v) is 5.00. The van der Waals surface area contributed by atoms with E-state index in [9.17, 15) is 9.59 Å². The van der Waals surface area contributed by atoms with Crippen LogP contribution in [0, 0.1) is 0 Å². The second-order valence-electron chi connectivity index (χ2n) is 6.92. The second kappa shape index (κ2) is 9.40. The maximum atomic E-state index is 12.8. The Morgan fingerprint density at radius 3 is 2.90 bits per heavy atom. The lowest BCUT2D eigenvalue weighted by Gasteiger charge is -2.17. The molecule has 2 amide bonds. The van der Waals surface area contributed by atoms with E-state index >= 15 is 0 Å². The van der Waals surface area contributed by atoms with Gasteiger partial charge in [0.1, 0.15) is 24.1 Å². The summed E-state index contributed by atoms with van der Waals surface area (Å²) < 4.78 is 7.52. The van der Waals surface area contributed by atoms with Crippen molar-refractivity contribution in [2.24, 2.45) is 12.0 Å². The molecule has 30 heavy (non-hydrogen) atoms. The zero-order valence-electron chi connectivity index (χ0n) is 17.0. The molecule has 1 aliphatic rings. The van der Waals surface area contributed by atoms with Crippen molar-refractivity contribution in [3.8, 4) is 5.75 Å². The first-order valence-corrected chi connectivity index (χ1v) is 9.61. The lowest BCUT2D eigenvalue weighted by atomic mass is 10.1. The standard InChI is InChI=1S/C20H26N6O4/c1-22-18(19(28)24-17-6-8-26(9-10-27)20(17)29)15-11-14(3-4-16(15)21)30-12-13-5-7-23-25(13)2/h3-5,7,11,17,27H,6,8-10,12,21H2,1-2H3,(H,24,28). The van der Waals surface area contributed by atoms with Crippen molar-refractivity contribution in [3.63, 3.8) is 0 Å². The van der Waals surface area contributed by atoms with Crippen molar-refractivity contribution >= 4 is 23.2 Å².